The Bertz CT molecular complexity index is 628. The molecule has 0 heterocycles. The van der Waals surface area contributed by atoms with E-state index >= 15 is 0 Å². The molecule has 1 unspecified atom stereocenters. The van der Waals surface area contributed by atoms with Crippen LogP contribution in [0.5, 0.6) is 0 Å². The van der Waals surface area contributed by atoms with Crippen LogP contribution in [0.1, 0.15) is 92.4 Å². The minimum atomic E-state index is -0.106. The van der Waals surface area contributed by atoms with Crippen molar-refractivity contribution in [1.82, 2.24) is 0 Å². The van der Waals surface area contributed by atoms with Crippen LogP contribution in [0.2, 0.25) is 0 Å². The molecular formula is C26H42O. The van der Waals surface area contributed by atoms with Gasteiger partial charge in [0.25, 0.3) is 0 Å². The van der Waals surface area contributed by atoms with Crippen LogP contribution < -0.4 is 0 Å². The third-order valence-electron chi connectivity index (χ3n) is 9.50. The molecule has 4 aliphatic rings. The van der Waals surface area contributed by atoms with Gasteiger partial charge in [-0.2, -0.15) is 0 Å². The molecule has 0 radical (unpaired) electrons. The lowest BCUT2D eigenvalue weighted by atomic mass is 9.50. The Labute approximate surface area is 167 Å². The van der Waals surface area contributed by atoms with Crippen LogP contribution in [-0.2, 0) is 0 Å². The topological polar surface area (TPSA) is 20.2 Å². The summed E-state index contributed by atoms with van der Waals surface area (Å²) >= 11 is 0. The fourth-order valence-corrected chi connectivity index (χ4v) is 7.76. The van der Waals surface area contributed by atoms with E-state index in [9.17, 15) is 5.11 Å². The third kappa shape index (κ3) is 3.17. The van der Waals surface area contributed by atoms with Crippen LogP contribution in [0.3, 0.4) is 0 Å². The van der Waals surface area contributed by atoms with Crippen LogP contribution in [-0.4, -0.2) is 11.2 Å². The second kappa shape index (κ2) is 7.05. The van der Waals surface area contributed by atoms with Gasteiger partial charge in [-0.25, -0.2) is 0 Å². The zero-order valence-corrected chi connectivity index (χ0v) is 18.4. The van der Waals surface area contributed by atoms with E-state index in [1.165, 1.54) is 44.9 Å². The van der Waals surface area contributed by atoms with Crippen molar-refractivity contribution in [2.75, 3.05) is 0 Å². The van der Waals surface area contributed by atoms with Gasteiger partial charge in [0.2, 0.25) is 0 Å². The zero-order chi connectivity index (χ0) is 19.4. The first-order valence-electron chi connectivity index (χ1n) is 11.8. The molecule has 0 aliphatic heterocycles. The first-order chi connectivity index (χ1) is 12.8. The van der Waals surface area contributed by atoms with Crippen LogP contribution in [0.15, 0.2) is 23.3 Å². The predicted molar refractivity (Wildman–Crippen MR) is 114 cm³/mol. The van der Waals surface area contributed by atoms with E-state index in [1.54, 1.807) is 11.1 Å². The second-order valence-corrected chi connectivity index (χ2v) is 11.5. The van der Waals surface area contributed by atoms with E-state index in [-0.39, 0.29) is 6.10 Å². The average molecular weight is 371 g/mol. The molecule has 3 saturated carbocycles. The van der Waals surface area contributed by atoms with Gasteiger partial charge in [-0.3, -0.25) is 0 Å². The molecule has 0 spiro atoms. The normalized spacial score (nSPS) is 44.9. The Hall–Kier alpha value is -0.560. The fourth-order valence-electron chi connectivity index (χ4n) is 7.76. The predicted octanol–water partition coefficient (Wildman–Crippen LogP) is 6.92. The average Bonchev–Trinajstić information content (AvgIpc) is 2.97. The highest BCUT2D eigenvalue weighted by molar-refractivity contribution is 5.38. The molecule has 0 aromatic heterocycles. The summed E-state index contributed by atoms with van der Waals surface area (Å²) in [5.41, 5.74) is 4.18. The van der Waals surface area contributed by atoms with Crippen LogP contribution >= 0.6 is 0 Å². The number of hydrogen-bond acceptors (Lipinski definition) is 1. The summed E-state index contributed by atoms with van der Waals surface area (Å²) in [5, 5.41) is 10.2. The van der Waals surface area contributed by atoms with Gasteiger partial charge < -0.3 is 5.11 Å². The van der Waals surface area contributed by atoms with Crippen molar-refractivity contribution < 1.29 is 5.11 Å². The molecule has 0 aromatic carbocycles. The molecule has 7 atom stereocenters. The van der Waals surface area contributed by atoms with Crippen LogP contribution in [0.4, 0.5) is 0 Å². The summed E-state index contributed by atoms with van der Waals surface area (Å²) in [7, 11) is 0. The van der Waals surface area contributed by atoms with Crippen molar-refractivity contribution in [2.24, 2.45) is 40.4 Å². The number of hydrogen-bond donors (Lipinski definition) is 1. The Morgan fingerprint density at radius 1 is 0.963 bits per heavy atom. The monoisotopic (exact) mass is 370 g/mol. The van der Waals surface area contributed by atoms with Gasteiger partial charge in [-0.05, 0) is 85.4 Å². The standard InChI is InChI=1S/C26H42O/c1-17(2)6-7-18(3)22-10-11-23-21-9-8-19-16-20(27)12-14-25(19,4)24(21)13-15-26(22,23)5/h8-9,17-18,20,22-24,27H,6-7,10-16H2,1-5H3/t18-,20?,22-,23+,24+,25+,26-/m1/s1. The van der Waals surface area contributed by atoms with Gasteiger partial charge in [-0.15, -0.1) is 0 Å². The van der Waals surface area contributed by atoms with E-state index in [2.05, 4.69) is 46.8 Å². The second-order valence-electron chi connectivity index (χ2n) is 11.5. The minimum absolute atomic E-state index is 0.106. The molecule has 1 heteroatoms. The zero-order valence-electron chi connectivity index (χ0n) is 18.4. The van der Waals surface area contributed by atoms with Crippen molar-refractivity contribution in [1.29, 1.82) is 0 Å². The van der Waals surface area contributed by atoms with Crippen molar-refractivity contribution in [3.05, 3.63) is 23.3 Å². The number of aliphatic hydroxyl groups is 1. The Morgan fingerprint density at radius 2 is 1.74 bits per heavy atom. The highest BCUT2D eigenvalue weighted by Gasteiger charge is 2.56. The Balaban J connectivity index is 1.58. The lowest BCUT2D eigenvalue weighted by molar-refractivity contribution is 0.0320. The van der Waals surface area contributed by atoms with Gasteiger partial charge in [0, 0.05) is 0 Å². The smallest absolute Gasteiger partial charge is 0.0578 e. The summed E-state index contributed by atoms with van der Waals surface area (Å²) < 4.78 is 0. The first-order valence-corrected chi connectivity index (χ1v) is 11.8. The lowest BCUT2D eigenvalue weighted by Gasteiger charge is -2.55. The van der Waals surface area contributed by atoms with Crippen molar-refractivity contribution in [3.63, 3.8) is 0 Å². The molecule has 0 bridgehead atoms. The lowest BCUT2D eigenvalue weighted by Crippen LogP contribution is -2.46. The van der Waals surface area contributed by atoms with Crippen LogP contribution in [0, 0.1) is 40.4 Å². The van der Waals surface area contributed by atoms with Gasteiger partial charge in [-0.1, -0.05) is 70.8 Å². The van der Waals surface area contributed by atoms with Crippen LogP contribution in [0.25, 0.3) is 0 Å². The van der Waals surface area contributed by atoms with Crippen molar-refractivity contribution in [2.45, 2.75) is 98.5 Å². The maximum absolute atomic E-state index is 10.2. The molecule has 0 aromatic rings. The van der Waals surface area contributed by atoms with Gasteiger partial charge in [0.1, 0.15) is 0 Å². The van der Waals surface area contributed by atoms with E-state index in [4.69, 9.17) is 0 Å². The summed E-state index contributed by atoms with van der Waals surface area (Å²) in [4.78, 5) is 0. The molecule has 1 N–H and O–H groups in total. The molecule has 152 valence electrons. The molecule has 0 amide bonds. The SMILES string of the molecule is CC(C)CC[C@@H](C)[C@H]1CC[C@H]2C3=CC=C4CC(O)CC[C@]4(C)[C@H]3CC[C@]12C. The largest absolute Gasteiger partial charge is 0.393 e. The molecule has 1 nitrogen and oxygen atoms in total. The maximum atomic E-state index is 10.2. The Kier molecular flexibility index (Phi) is 5.15. The van der Waals surface area contributed by atoms with E-state index in [0.717, 1.165) is 42.4 Å². The number of rotatable bonds is 4. The van der Waals surface area contributed by atoms with Crippen molar-refractivity contribution >= 4 is 0 Å². The molecule has 0 saturated heterocycles. The molecule has 4 rings (SSSR count). The minimum Gasteiger partial charge on any atom is -0.393 e. The summed E-state index contributed by atoms with van der Waals surface area (Å²) in [6.45, 7) is 12.4. The summed E-state index contributed by atoms with van der Waals surface area (Å²) in [6.07, 6.45) is 16.4. The summed E-state index contributed by atoms with van der Waals surface area (Å²) in [6, 6.07) is 0. The summed E-state index contributed by atoms with van der Waals surface area (Å²) in [5.74, 6) is 4.17. The van der Waals surface area contributed by atoms with E-state index < -0.39 is 0 Å². The van der Waals surface area contributed by atoms with E-state index in [1.807, 2.05) is 0 Å². The number of allylic oxidation sites excluding steroid dienone is 3. The van der Waals surface area contributed by atoms with E-state index in [0.29, 0.717) is 10.8 Å². The van der Waals surface area contributed by atoms with Gasteiger partial charge in [0.15, 0.2) is 0 Å². The molecule has 4 aliphatic carbocycles. The molecular weight excluding hydrogens is 328 g/mol. The highest BCUT2D eigenvalue weighted by Crippen LogP contribution is 2.66. The Morgan fingerprint density at radius 3 is 2.48 bits per heavy atom. The van der Waals surface area contributed by atoms with Crippen molar-refractivity contribution in [3.8, 4) is 0 Å². The highest BCUT2D eigenvalue weighted by atomic mass is 16.3. The quantitative estimate of drug-likeness (QED) is 0.569. The fraction of sp³-hybridized carbons (Fsp3) is 0.846. The third-order valence-corrected chi connectivity index (χ3v) is 9.50. The maximum Gasteiger partial charge on any atom is 0.0578 e. The molecule has 27 heavy (non-hydrogen) atoms. The number of aliphatic hydroxyl groups excluding tert-OH is 1. The first kappa shape index (κ1) is 19.7. The van der Waals surface area contributed by atoms with Gasteiger partial charge in [0.05, 0.1) is 6.10 Å². The van der Waals surface area contributed by atoms with Gasteiger partial charge >= 0.3 is 0 Å². The number of fused-ring (bicyclic) bond motifs is 5. The molecule has 3 fully saturated rings.